The van der Waals surface area contributed by atoms with Crippen molar-refractivity contribution in [2.75, 3.05) is 24.3 Å². The average molecular weight is 394 g/mol. The zero-order valence-electron chi connectivity index (χ0n) is 15.6. The van der Waals surface area contributed by atoms with Crippen molar-refractivity contribution in [3.05, 3.63) is 47.0 Å². The summed E-state index contributed by atoms with van der Waals surface area (Å²) < 4.78 is 45.7. The van der Waals surface area contributed by atoms with E-state index in [1.165, 1.54) is 16.8 Å². The van der Waals surface area contributed by atoms with E-state index in [0.29, 0.717) is 30.0 Å². The number of ether oxygens (including phenoxy) is 1. The highest BCUT2D eigenvalue weighted by Crippen LogP contribution is 2.23. The Kier molecular flexibility index (Phi) is 5.39. The van der Waals surface area contributed by atoms with Crippen molar-refractivity contribution in [1.82, 2.24) is 4.57 Å². The summed E-state index contributed by atoms with van der Waals surface area (Å²) in [5.41, 5.74) is 1.54. The minimum Gasteiger partial charge on any atom is -0.381 e. The van der Waals surface area contributed by atoms with Gasteiger partial charge in [-0.15, -0.1) is 0 Å². The van der Waals surface area contributed by atoms with Gasteiger partial charge < -0.3 is 14.6 Å². The number of halogens is 1. The van der Waals surface area contributed by atoms with E-state index >= 15 is 0 Å². The molecule has 0 spiro atoms. The number of nitrogens with one attached hydrogen (secondary N) is 1. The Morgan fingerprint density at radius 1 is 1.30 bits per heavy atom. The molecule has 2 aromatic rings. The van der Waals surface area contributed by atoms with E-state index in [9.17, 15) is 17.6 Å². The molecule has 0 aliphatic carbocycles. The molecule has 0 unspecified atom stereocenters. The first-order valence-electron chi connectivity index (χ1n) is 8.72. The second-order valence-corrected chi connectivity index (χ2v) is 9.10. The molecule has 2 heterocycles. The van der Waals surface area contributed by atoms with Crippen LogP contribution in [-0.4, -0.2) is 37.9 Å². The molecule has 1 aromatic carbocycles. The van der Waals surface area contributed by atoms with E-state index in [1.807, 2.05) is 0 Å². The fourth-order valence-corrected chi connectivity index (χ4v) is 4.95. The molecule has 3 rings (SSSR count). The van der Waals surface area contributed by atoms with E-state index in [0.717, 1.165) is 6.42 Å². The predicted molar refractivity (Wildman–Crippen MR) is 100 cm³/mol. The highest BCUT2D eigenvalue weighted by Gasteiger charge is 2.27. The molecule has 27 heavy (non-hydrogen) atoms. The highest BCUT2D eigenvalue weighted by molar-refractivity contribution is 7.91. The molecule has 1 aromatic heterocycles. The third-order valence-electron chi connectivity index (χ3n) is 4.75. The number of sulfone groups is 1. The van der Waals surface area contributed by atoms with Gasteiger partial charge in [0, 0.05) is 25.5 Å². The molecule has 1 atom stereocenters. The van der Waals surface area contributed by atoms with Gasteiger partial charge in [0.1, 0.15) is 11.5 Å². The van der Waals surface area contributed by atoms with Crippen LogP contribution in [0.25, 0.3) is 0 Å². The predicted octanol–water partition coefficient (Wildman–Crippen LogP) is 2.84. The quantitative estimate of drug-likeness (QED) is 0.846. The average Bonchev–Trinajstić information content (AvgIpc) is 3.21. The first-order chi connectivity index (χ1) is 12.7. The number of carbonyl (C=O) groups excluding carboxylic acids is 1. The van der Waals surface area contributed by atoms with Crippen LogP contribution in [0.5, 0.6) is 0 Å². The first kappa shape index (κ1) is 19.6. The van der Waals surface area contributed by atoms with Crippen molar-refractivity contribution in [1.29, 1.82) is 0 Å². The number of benzene rings is 1. The summed E-state index contributed by atoms with van der Waals surface area (Å²) in [4.78, 5) is 12.7. The van der Waals surface area contributed by atoms with Crippen LogP contribution in [0.4, 0.5) is 10.1 Å². The maximum absolute atomic E-state index is 13.7. The Labute approximate surface area is 158 Å². The summed E-state index contributed by atoms with van der Waals surface area (Å²) in [6, 6.07) is 4.46. The molecule has 146 valence electrons. The molecule has 1 fully saturated rings. The van der Waals surface area contributed by atoms with E-state index in [1.54, 1.807) is 33.0 Å². The van der Waals surface area contributed by atoms with E-state index < -0.39 is 15.7 Å². The number of aryl methyl sites for hydroxylation is 3. The molecule has 1 N–H and O–H groups in total. The molecule has 6 nitrogen and oxygen atoms in total. The van der Waals surface area contributed by atoms with Crippen LogP contribution in [0.3, 0.4) is 0 Å². The molecule has 1 saturated heterocycles. The smallest absolute Gasteiger partial charge is 0.272 e. The fourth-order valence-electron chi connectivity index (χ4n) is 3.26. The van der Waals surface area contributed by atoms with Gasteiger partial charge in [0.15, 0.2) is 9.84 Å². The number of rotatable bonds is 5. The van der Waals surface area contributed by atoms with Crippen LogP contribution in [0.15, 0.2) is 29.3 Å². The minimum absolute atomic E-state index is 0.00836. The third kappa shape index (κ3) is 4.22. The van der Waals surface area contributed by atoms with E-state index in [-0.39, 0.29) is 28.1 Å². The van der Waals surface area contributed by atoms with Crippen LogP contribution in [0, 0.1) is 25.6 Å². The zero-order valence-corrected chi connectivity index (χ0v) is 16.4. The number of aromatic nitrogens is 1. The van der Waals surface area contributed by atoms with Crippen molar-refractivity contribution in [3.63, 3.8) is 0 Å². The van der Waals surface area contributed by atoms with Gasteiger partial charge in [0.05, 0.1) is 17.3 Å². The number of hydrogen-bond donors (Lipinski definition) is 1. The van der Waals surface area contributed by atoms with E-state index in [2.05, 4.69) is 5.32 Å². The van der Waals surface area contributed by atoms with Crippen LogP contribution in [0.2, 0.25) is 0 Å². The highest BCUT2D eigenvalue weighted by atomic mass is 32.2. The van der Waals surface area contributed by atoms with Gasteiger partial charge in [0.2, 0.25) is 0 Å². The number of hydrogen-bond acceptors (Lipinski definition) is 4. The molecule has 1 aliphatic heterocycles. The third-order valence-corrected chi connectivity index (χ3v) is 6.60. The van der Waals surface area contributed by atoms with Crippen LogP contribution >= 0.6 is 0 Å². The Morgan fingerprint density at radius 2 is 1.96 bits per heavy atom. The van der Waals surface area contributed by atoms with Crippen LogP contribution in [0.1, 0.15) is 28.0 Å². The summed E-state index contributed by atoms with van der Waals surface area (Å²) in [6.45, 7) is 4.28. The van der Waals surface area contributed by atoms with Gasteiger partial charge in [-0.1, -0.05) is 0 Å². The summed E-state index contributed by atoms with van der Waals surface area (Å²) in [5.74, 6) is -0.767. The van der Waals surface area contributed by atoms with Crippen LogP contribution in [-0.2, 0) is 21.6 Å². The number of anilines is 1. The second kappa shape index (κ2) is 7.44. The Balaban J connectivity index is 1.80. The number of amides is 1. The number of carbonyl (C=O) groups is 1. The van der Waals surface area contributed by atoms with E-state index in [4.69, 9.17) is 4.74 Å². The van der Waals surface area contributed by atoms with Crippen LogP contribution < -0.4 is 5.32 Å². The van der Waals surface area contributed by atoms with Gasteiger partial charge in [-0.25, -0.2) is 12.8 Å². The fraction of sp³-hybridized carbons (Fsp3) is 0.421. The lowest BCUT2D eigenvalue weighted by Gasteiger charge is -2.09. The van der Waals surface area contributed by atoms with Gasteiger partial charge in [-0.2, -0.15) is 0 Å². The SMILES string of the molecule is Cc1cc(NC(=O)c2cc(S(=O)(=O)C[C@H]3CCOC3)cn2C)cc(C)c1F. The largest absolute Gasteiger partial charge is 0.381 e. The van der Waals surface area contributed by atoms with Crippen molar-refractivity contribution < 1.29 is 22.3 Å². The van der Waals surface area contributed by atoms with Crippen molar-refractivity contribution in [2.24, 2.45) is 13.0 Å². The van der Waals surface area contributed by atoms with Gasteiger partial charge in [0.25, 0.3) is 5.91 Å². The normalized spacial score (nSPS) is 17.3. The summed E-state index contributed by atoms with van der Waals surface area (Å²) >= 11 is 0. The van der Waals surface area contributed by atoms with Crippen molar-refractivity contribution >= 4 is 21.4 Å². The maximum Gasteiger partial charge on any atom is 0.272 e. The van der Waals surface area contributed by atoms with Gasteiger partial charge >= 0.3 is 0 Å². The lowest BCUT2D eigenvalue weighted by molar-refractivity contribution is 0.101. The zero-order chi connectivity index (χ0) is 19.8. The lowest BCUT2D eigenvalue weighted by Crippen LogP contribution is -2.16. The molecule has 0 saturated carbocycles. The molecular weight excluding hydrogens is 371 g/mol. The maximum atomic E-state index is 13.7. The molecule has 8 heteroatoms. The Morgan fingerprint density at radius 3 is 2.56 bits per heavy atom. The second-order valence-electron chi connectivity index (χ2n) is 7.06. The summed E-state index contributed by atoms with van der Waals surface area (Å²) in [7, 11) is -1.88. The summed E-state index contributed by atoms with van der Waals surface area (Å²) in [5, 5.41) is 2.70. The Bertz CT molecular complexity index is 953. The summed E-state index contributed by atoms with van der Waals surface area (Å²) in [6.07, 6.45) is 2.17. The molecule has 1 aliphatic rings. The Hall–Kier alpha value is -2.19. The number of nitrogens with zero attached hydrogens (tertiary/aromatic N) is 1. The molecule has 0 radical (unpaired) electrons. The molecule has 0 bridgehead atoms. The van der Waals surface area contributed by atoms with Crippen molar-refractivity contribution in [3.8, 4) is 0 Å². The monoisotopic (exact) mass is 394 g/mol. The molecule has 1 amide bonds. The lowest BCUT2D eigenvalue weighted by atomic mass is 10.1. The first-order valence-corrected chi connectivity index (χ1v) is 10.4. The topological polar surface area (TPSA) is 77.4 Å². The van der Waals surface area contributed by atoms with Crippen molar-refractivity contribution in [2.45, 2.75) is 25.2 Å². The minimum atomic E-state index is -3.50. The standard InChI is InChI=1S/C19H23FN2O4S/c1-12-6-15(7-13(2)18(12)20)21-19(23)17-8-16(9-22(17)3)27(24,25)11-14-4-5-26-10-14/h6-9,14H,4-5,10-11H2,1-3H3,(H,21,23)/t14-/m0/s1. The van der Waals surface area contributed by atoms with Gasteiger partial charge in [-0.3, -0.25) is 4.79 Å². The molecular formula is C19H23FN2O4S. The van der Waals surface area contributed by atoms with Gasteiger partial charge in [-0.05, 0) is 55.5 Å².